The standard InChI is InChI=1S/C29H29N7O2.C28H34N8O2.C28H34N8O.C27H32N8O/c1-35(2)13-14-36(3)27-12-10-22(18-31-27)32-29(37)28-25-16-20(9-11-26(25)33-34-28)21-15-24(19-30-17-21)38-23-7-5-4-6-8-23;1-34(2)8-9-35(3)26-7-5-23(18-30-26)31-28(37)27-24-15-21(4-6-25(24)32-33-27)22-14-20(16-29-17-22)19-36-10-12-38-13-11-36;1-34(2)12-13-35(3)26-9-7-23(18-30-26)31-28(37)27-24-15-21(6-8-25(24)32-33-27)22-14-20(16-29-17-22)19-36-10-4-5-11-36;1-33(2)11-12-34(3)25-8-6-22(17-29-25)30-27(36)26-23-14-20(5-7-24(23)31-32-26)21-13-19(15-28-16-21)18-35-9-4-10-35/h4-12,15-19H,13-14H2,1-3H3,(H,32,37)(H,33,34);4-7,14-18H,8-13,19H2,1-3H3,(H,31,37)(H,32,33);6-9,14-18H,4-5,10-13,19H2,1-3H3,(H,31,37)(H,32,33);5-8,13-17H,4,9-12,18H2,1-3H3,(H,30,36)(H,31,32). The van der Waals surface area contributed by atoms with Crippen molar-refractivity contribution in [1.82, 2.24) is 115 Å². The second-order valence-electron chi connectivity index (χ2n) is 38.7. The third kappa shape index (κ3) is 28.1. The third-order valence-electron chi connectivity index (χ3n) is 26.1. The molecule has 149 heavy (non-hydrogen) atoms. The number of hydrogen-bond acceptors (Lipinski definition) is 29. The summed E-state index contributed by atoms with van der Waals surface area (Å²) in [5.74, 6) is 3.60. The Morgan fingerprint density at radius 1 is 0.295 bits per heavy atom. The Labute approximate surface area is 866 Å². The molecule has 0 spiro atoms. The molecule has 3 saturated heterocycles. The number of carbonyl (C=O) groups is 4. The number of aromatic amines is 4. The van der Waals surface area contributed by atoms with Crippen molar-refractivity contribution in [3.8, 4) is 56.0 Å². The molecule has 5 aromatic carbocycles. The van der Waals surface area contributed by atoms with Crippen molar-refractivity contribution < 1.29 is 28.7 Å². The summed E-state index contributed by atoms with van der Waals surface area (Å²) >= 11 is 0. The van der Waals surface area contributed by atoms with Crippen LogP contribution in [-0.4, -0.2) is 328 Å². The predicted molar refractivity (Wildman–Crippen MR) is 590 cm³/mol. The summed E-state index contributed by atoms with van der Waals surface area (Å²) in [6.07, 6.45) is 25.3. The van der Waals surface area contributed by atoms with E-state index in [0.717, 1.165) is 242 Å². The van der Waals surface area contributed by atoms with E-state index in [1.54, 1.807) is 37.2 Å². The first-order chi connectivity index (χ1) is 72.3. The molecule has 3 aliphatic rings. The highest BCUT2D eigenvalue weighted by molar-refractivity contribution is 6.15. The fourth-order valence-electron chi connectivity index (χ4n) is 17.3. The minimum absolute atomic E-state index is 0.278. The lowest BCUT2D eigenvalue weighted by molar-refractivity contribution is 0.0341. The second-order valence-corrected chi connectivity index (χ2v) is 38.7. The fourth-order valence-corrected chi connectivity index (χ4v) is 17.3. The van der Waals surface area contributed by atoms with Gasteiger partial charge in [-0.15, -0.1) is 0 Å². The number of aromatic nitrogens is 16. The number of para-hydroxylation sites is 1. The number of H-pyrrole nitrogens is 4. The number of pyridine rings is 8. The molecule has 17 aromatic rings. The minimum Gasteiger partial charge on any atom is -0.456 e. The van der Waals surface area contributed by atoms with Gasteiger partial charge in [-0.25, -0.2) is 19.9 Å². The van der Waals surface area contributed by atoms with Crippen molar-refractivity contribution in [3.05, 3.63) is 290 Å². The van der Waals surface area contributed by atoms with Gasteiger partial charge in [0.2, 0.25) is 0 Å². The summed E-state index contributed by atoms with van der Waals surface area (Å²) in [7, 11) is 24.4. The number of rotatable bonds is 36. The van der Waals surface area contributed by atoms with Crippen LogP contribution in [-0.2, 0) is 24.4 Å². The van der Waals surface area contributed by atoms with E-state index in [-0.39, 0.29) is 23.6 Å². The number of anilines is 8. The van der Waals surface area contributed by atoms with Gasteiger partial charge in [0.05, 0.1) is 89.0 Å². The molecule has 0 radical (unpaired) electrons. The van der Waals surface area contributed by atoms with Gasteiger partial charge in [-0.3, -0.25) is 74.2 Å². The van der Waals surface area contributed by atoms with Crippen molar-refractivity contribution in [1.29, 1.82) is 0 Å². The third-order valence-corrected chi connectivity index (χ3v) is 26.1. The number of nitrogens with one attached hydrogen (secondary N) is 8. The van der Waals surface area contributed by atoms with E-state index in [1.807, 2.05) is 279 Å². The first kappa shape index (κ1) is 104. The zero-order chi connectivity index (χ0) is 104. The van der Waals surface area contributed by atoms with Crippen LogP contribution < -0.4 is 45.6 Å². The predicted octanol–water partition coefficient (Wildman–Crippen LogP) is 15.5. The molecule has 3 fully saturated rings. The number of fused-ring (bicyclic) bond motifs is 4. The highest BCUT2D eigenvalue weighted by Crippen LogP contribution is 2.35. The number of likely N-dealkylation sites (N-methyl/N-ethyl adjacent to an activating group) is 8. The van der Waals surface area contributed by atoms with Crippen LogP contribution in [0.4, 0.5) is 46.0 Å². The Hall–Kier alpha value is -16.3. The van der Waals surface area contributed by atoms with E-state index in [1.165, 1.54) is 30.4 Å². The van der Waals surface area contributed by atoms with Crippen molar-refractivity contribution in [2.45, 2.75) is 38.9 Å². The number of likely N-dealkylation sites (tertiary alicyclic amines) is 2. The Morgan fingerprint density at radius 2 is 0.584 bits per heavy atom. The molecule has 0 bridgehead atoms. The second kappa shape index (κ2) is 49.8. The summed E-state index contributed by atoms with van der Waals surface area (Å²) in [6, 6.07) is 56.8. The average Bonchev–Trinajstić information content (AvgIpc) is 1.67. The topological polar surface area (TPSA) is 388 Å². The van der Waals surface area contributed by atoms with E-state index in [4.69, 9.17) is 9.47 Å². The van der Waals surface area contributed by atoms with Crippen LogP contribution in [0, 0.1) is 0 Å². The average molecular weight is 2010 g/mol. The molecule has 37 heteroatoms. The van der Waals surface area contributed by atoms with Gasteiger partial charge in [-0.05, 0) is 274 Å². The molecule has 0 atom stereocenters. The van der Waals surface area contributed by atoms with E-state index in [2.05, 4.69) is 174 Å². The highest BCUT2D eigenvalue weighted by atomic mass is 16.5. The lowest BCUT2D eigenvalue weighted by atomic mass is 10.0. The van der Waals surface area contributed by atoms with Gasteiger partial charge in [-0.2, -0.15) is 20.4 Å². The Bertz CT molecular complexity index is 7350. The first-order valence-electron chi connectivity index (χ1n) is 50.1. The number of amides is 4. The van der Waals surface area contributed by atoms with E-state index in [0.29, 0.717) is 56.7 Å². The Morgan fingerprint density at radius 3 is 0.866 bits per heavy atom. The molecule has 12 aromatic heterocycles. The normalized spacial score (nSPS) is 13.2. The summed E-state index contributed by atoms with van der Waals surface area (Å²) in [4.78, 5) is 112. The van der Waals surface area contributed by atoms with Crippen LogP contribution in [0.5, 0.6) is 11.5 Å². The Kier molecular flexibility index (Phi) is 34.8. The van der Waals surface area contributed by atoms with Gasteiger partial charge >= 0.3 is 0 Å². The summed E-state index contributed by atoms with van der Waals surface area (Å²) in [5, 5.41) is 43.8. The highest BCUT2D eigenvalue weighted by Gasteiger charge is 2.25. The maximum atomic E-state index is 13.1. The maximum absolute atomic E-state index is 13.1. The van der Waals surface area contributed by atoms with Crippen LogP contribution >= 0.6 is 0 Å². The quantitative estimate of drug-likeness (QED) is 0.0181. The molecular weight excluding hydrogens is 1880 g/mol. The number of morpholine rings is 1. The lowest BCUT2D eigenvalue weighted by Crippen LogP contribution is -2.36. The molecule has 8 N–H and O–H groups in total. The molecule has 0 aliphatic carbocycles. The van der Waals surface area contributed by atoms with Crippen molar-refractivity contribution >= 4 is 113 Å². The van der Waals surface area contributed by atoms with Gasteiger partial charge in [0.15, 0.2) is 22.8 Å². The number of carbonyl (C=O) groups excluding carboxylic acids is 4. The van der Waals surface area contributed by atoms with Gasteiger partial charge in [0.25, 0.3) is 23.6 Å². The zero-order valence-corrected chi connectivity index (χ0v) is 86.5. The largest absolute Gasteiger partial charge is 0.456 e. The summed E-state index contributed by atoms with van der Waals surface area (Å²) < 4.78 is 11.4. The smallest absolute Gasteiger partial charge is 0.276 e. The van der Waals surface area contributed by atoms with Crippen molar-refractivity contribution in [2.24, 2.45) is 0 Å². The molecule has 37 nitrogen and oxygen atoms in total. The van der Waals surface area contributed by atoms with Gasteiger partial charge in [-0.1, -0.05) is 42.5 Å². The molecule has 15 heterocycles. The SMILES string of the molecule is CN(C)CCN(C)c1ccc(NC(=O)c2n[nH]c3ccc(-c4cncc(CN5CCC5)c4)cc23)cn1.CN(C)CCN(C)c1ccc(NC(=O)c2n[nH]c3ccc(-c4cncc(CN5CCCC5)c4)cc23)cn1.CN(C)CCN(C)c1ccc(NC(=O)c2n[nH]c3ccc(-c4cncc(CN5CCOCC5)c4)cc23)cn1.CN(C)CCN(C)c1ccc(NC(=O)c2n[nH]c3ccc(-c4cncc(Oc5ccccc5)c4)cc23)cn1. The van der Waals surface area contributed by atoms with E-state index in [9.17, 15) is 19.2 Å². The number of hydrogen-bond donors (Lipinski definition) is 8. The molecule has 0 unspecified atom stereocenters. The van der Waals surface area contributed by atoms with Gasteiger partial charge in [0, 0.05) is 200 Å². The molecule has 3 aliphatic heterocycles. The monoisotopic (exact) mass is 2000 g/mol. The molecule has 20 rings (SSSR count). The van der Waals surface area contributed by atoms with E-state index >= 15 is 0 Å². The van der Waals surface area contributed by atoms with Crippen LogP contribution in [0.15, 0.2) is 250 Å². The van der Waals surface area contributed by atoms with Gasteiger partial charge in [0.1, 0.15) is 34.8 Å². The lowest BCUT2D eigenvalue weighted by Gasteiger charge is -2.30. The van der Waals surface area contributed by atoms with Crippen LogP contribution in [0.1, 0.15) is 77.9 Å². The number of benzene rings is 5. The minimum atomic E-state index is -0.316. The summed E-state index contributed by atoms with van der Waals surface area (Å²) in [6.45, 7) is 17.8. The molecular formula is C112H129N31O6. The fraction of sp³-hybridized carbons (Fsp3) is 0.304. The van der Waals surface area contributed by atoms with Crippen molar-refractivity contribution in [2.75, 3.05) is 230 Å². The van der Waals surface area contributed by atoms with Crippen LogP contribution in [0.2, 0.25) is 0 Å². The zero-order valence-electron chi connectivity index (χ0n) is 86.5. The van der Waals surface area contributed by atoms with Crippen LogP contribution in [0.25, 0.3) is 88.1 Å². The number of ether oxygens (including phenoxy) is 2. The molecule has 768 valence electrons. The molecule has 0 saturated carbocycles. The number of nitrogens with zero attached hydrogens (tertiary/aromatic N) is 23. The van der Waals surface area contributed by atoms with Crippen LogP contribution in [0.3, 0.4) is 0 Å². The molecule has 4 amide bonds. The van der Waals surface area contributed by atoms with Crippen molar-refractivity contribution in [3.63, 3.8) is 0 Å². The van der Waals surface area contributed by atoms with Gasteiger partial charge < -0.3 is 69.9 Å². The maximum Gasteiger partial charge on any atom is 0.276 e. The van der Waals surface area contributed by atoms with E-state index < -0.39 is 0 Å². The first-order valence-corrected chi connectivity index (χ1v) is 50.1. The Balaban J connectivity index is 0.000000135. The summed E-state index contributed by atoms with van der Waals surface area (Å²) in [5.41, 5.74) is 18.4.